The number of carbonyl (C=O) groups excluding carboxylic acids is 1. The fraction of sp³-hybridized carbons (Fsp3) is 0.200. The van der Waals surface area contributed by atoms with Crippen molar-refractivity contribution in [1.29, 1.82) is 5.26 Å². The molecule has 2 aromatic carbocycles. The Kier molecular flexibility index (Phi) is 6.28. The molecule has 0 aliphatic heterocycles. The van der Waals surface area contributed by atoms with E-state index in [9.17, 15) is 20.2 Å². The molecular weight excluding hydrogens is 348 g/mol. The molecule has 0 saturated carbocycles. The molecule has 0 amide bonds. The van der Waals surface area contributed by atoms with Gasteiger partial charge in [-0.05, 0) is 66.4 Å². The molecule has 0 radical (unpaired) electrons. The van der Waals surface area contributed by atoms with E-state index in [0.29, 0.717) is 16.9 Å². The Balaban J connectivity index is 2.32. The summed E-state index contributed by atoms with van der Waals surface area (Å²) in [7, 11) is 1.29. The van der Waals surface area contributed by atoms with Gasteiger partial charge in [-0.3, -0.25) is 10.1 Å². The van der Waals surface area contributed by atoms with Crippen LogP contribution in [0.4, 0.5) is 5.69 Å². The monoisotopic (exact) mass is 366 g/mol. The lowest BCUT2D eigenvalue weighted by Crippen LogP contribution is -2.13. The minimum Gasteiger partial charge on any atom is -0.481 e. The van der Waals surface area contributed by atoms with Crippen LogP contribution in [-0.4, -0.2) is 24.6 Å². The zero-order valence-electron chi connectivity index (χ0n) is 15.2. The SMILES string of the molecule is COC(=O)COc1c(C)cc(/C=C(/C#N)c2ccc([N+](=O)[O-])cc2)cc1C. The van der Waals surface area contributed by atoms with Crippen molar-refractivity contribution in [3.8, 4) is 11.8 Å². The number of esters is 1. The van der Waals surface area contributed by atoms with Crippen molar-refractivity contribution in [2.75, 3.05) is 13.7 Å². The maximum absolute atomic E-state index is 11.2. The van der Waals surface area contributed by atoms with E-state index in [0.717, 1.165) is 16.7 Å². The molecule has 0 atom stereocenters. The fourth-order valence-corrected chi connectivity index (χ4v) is 2.59. The summed E-state index contributed by atoms with van der Waals surface area (Å²) in [5, 5.41) is 20.2. The summed E-state index contributed by atoms with van der Waals surface area (Å²) in [5.74, 6) is 0.120. The summed E-state index contributed by atoms with van der Waals surface area (Å²) in [6, 6.07) is 11.6. The Morgan fingerprint density at radius 3 is 2.30 bits per heavy atom. The number of nitriles is 1. The van der Waals surface area contributed by atoms with Crippen LogP contribution in [0.3, 0.4) is 0 Å². The van der Waals surface area contributed by atoms with E-state index < -0.39 is 10.9 Å². The third-order valence-corrected chi connectivity index (χ3v) is 3.87. The minimum atomic E-state index is -0.487. The van der Waals surface area contributed by atoms with Crippen LogP contribution in [0.15, 0.2) is 36.4 Å². The van der Waals surface area contributed by atoms with Gasteiger partial charge in [-0.1, -0.05) is 0 Å². The number of rotatable bonds is 6. The topological polar surface area (TPSA) is 102 Å². The predicted octanol–water partition coefficient (Wildman–Crippen LogP) is 3.83. The first kappa shape index (κ1) is 19.7. The predicted molar refractivity (Wildman–Crippen MR) is 100 cm³/mol. The van der Waals surface area contributed by atoms with Crippen molar-refractivity contribution in [1.82, 2.24) is 0 Å². The maximum atomic E-state index is 11.2. The highest BCUT2D eigenvalue weighted by Gasteiger charge is 2.11. The van der Waals surface area contributed by atoms with Crippen molar-refractivity contribution in [2.45, 2.75) is 13.8 Å². The molecule has 7 nitrogen and oxygen atoms in total. The van der Waals surface area contributed by atoms with E-state index in [1.807, 2.05) is 26.0 Å². The fourth-order valence-electron chi connectivity index (χ4n) is 2.59. The Morgan fingerprint density at radius 1 is 1.22 bits per heavy atom. The number of nitro benzene ring substituents is 1. The Hall–Kier alpha value is -3.66. The lowest BCUT2D eigenvalue weighted by atomic mass is 10.0. The van der Waals surface area contributed by atoms with Crippen LogP contribution >= 0.6 is 0 Å². The first-order valence-corrected chi connectivity index (χ1v) is 8.03. The van der Waals surface area contributed by atoms with E-state index in [-0.39, 0.29) is 12.3 Å². The Morgan fingerprint density at radius 2 is 1.81 bits per heavy atom. The number of nitro groups is 1. The van der Waals surface area contributed by atoms with Gasteiger partial charge in [0.15, 0.2) is 6.61 Å². The molecule has 0 unspecified atom stereocenters. The molecule has 0 saturated heterocycles. The van der Waals surface area contributed by atoms with Crippen LogP contribution in [0, 0.1) is 35.3 Å². The summed E-state index contributed by atoms with van der Waals surface area (Å²) < 4.78 is 10.1. The highest BCUT2D eigenvalue weighted by molar-refractivity contribution is 5.90. The number of nitrogens with zero attached hydrogens (tertiary/aromatic N) is 2. The van der Waals surface area contributed by atoms with Gasteiger partial charge in [-0.25, -0.2) is 4.79 Å². The minimum absolute atomic E-state index is 0.0326. The molecule has 0 heterocycles. The maximum Gasteiger partial charge on any atom is 0.343 e. The van der Waals surface area contributed by atoms with Gasteiger partial charge in [-0.2, -0.15) is 5.26 Å². The van der Waals surface area contributed by atoms with Crippen molar-refractivity contribution >= 4 is 23.3 Å². The van der Waals surface area contributed by atoms with Gasteiger partial charge >= 0.3 is 5.97 Å². The standard InChI is InChI=1S/C20H18N2O5/c1-13-8-15(9-14(2)20(13)27-12-19(23)26-3)10-17(11-21)16-4-6-18(7-5-16)22(24)25/h4-10H,12H2,1-3H3/b17-10-. The molecule has 7 heteroatoms. The van der Waals surface area contributed by atoms with Crippen molar-refractivity contribution in [2.24, 2.45) is 0 Å². The number of hydrogen-bond acceptors (Lipinski definition) is 6. The van der Waals surface area contributed by atoms with Gasteiger partial charge in [0.05, 0.1) is 23.7 Å². The van der Waals surface area contributed by atoms with Crippen LogP contribution < -0.4 is 4.74 Å². The lowest BCUT2D eigenvalue weighted by Gasteiger charge is -2.12. The first-order chi connectivity index (χ1) is 12.8. The quantitative estimate of drug-likeness (QED) is 0.253. The molecule has 0 aliphatic rings. The highest BCUT2D eigenvalue weighted by atomic mass is 16.6. The number of hydrogen-bond donors (Lipinski definition) is 0. The van der Waals surface area contributed by atoms with Crippen molar-refractivity contribution in [3.05, 3.63) is 68.8 Å². The molecular formula is C20H18N2O5. The summed E-state index contributed by atoms with van der Waals surface area (Å²) in [4.78, 5) is 21.5. The number of non-ortho nitro benzene ring substituents is 1. The third-order valence-electron chi connectivity index (χ3n) is 3.87. The van der Waals surface area contributed by atoms with Crippen LogP contribution in [0.5, 0.6) is 5.75 Å². The summed E-state index contributed by atoms with van der Waals surface area (Å²) >= 11 is 0. The summed E-state index contributed by atoms with van der Waals surface area (Å²) in [6.45, 7) is 3.50. The van der Waals surface area contributed by atoms with E-state index >= 15 is 0 Å². The number of benzene rings is 2. The molecule has 0 N–H and O–H groups in total. The van der Waals surface area contributed by atoms with Gasteiger partial charge in [0.1, 0.15) is 5.75 Å². The number of methoxy groups -OCH3 is 1. The molecule has 2 aromatic rings. The molecule has 2 rings (SSSR count). The van der Waals surface area contributed by atoms with Gasteiger partial charge in [0, 0.05) is 12.1 Å². The average Bonchev–Trinajstić information content (AvgIpc) is 2.65. The van der Waals surface area contributed by atoms with Crippen LogP contribution in [-0.2, 0) is 9.53 Å². The number of aryl methyl sites for hydroxylation is 2. The molecule has 138 valence electrons. The Bertz CT molecular complexity index is 917. The highest BCUT2D eigenvalue weighted by Crippen LogP contribution is 2.27. The van der Waals surface area contributed by atoms with Gasteiger partial charge in [0.25, 0.3) is 5.69 Å². The molecule has 0 fully saturated rings. The average molecular weight is 366 g/mol. The van der Waals surface area contributed by atoms with Crippen LogP contribution in [0.2, 0.25) is 0 Å². The third kappa shape index (κ3) is 4.92. The second-order valence-corrected chi connectivity index (χ2v) is 5.82. The Labute approximate surface area is 156 Å². The number of carbonyl (C=O) groups is 1. The summed E-state index contributed by atoms with van der Waals surface area (Å²) in [5.41, 5.74) is 3.34. The van der Waals surface area contributed by atoms with Crippen molar-refractivity contribution in [3.63, 3.8) is 0 Å². The second kappa shape index (κ2) is 8.63. The number of allylic oxidation sites excluding steroid dienone is 1. The van der Waals surface area contributed by atoms with Crippen LogP contribution in [0.25, 0.3) is 11.6 Å². The molecule has 0 spiro atoms. The largest absolute Gasteiger partial charge is 0.481 e. The van der Waals surface area contributed by atoms with E-state index in [1.165, 1.54) is 19.2 Å². The smallest absolute Gasteiger partial charge is 0.343 e. The second-order valence-electron chi connectivity index (χ2n) is 5.82. The lowest BCUT2D eigenvalue weighted by molar-refractivity contribution is -0.384. The van der Waals surface area contributed by atoms with Crippen LogP contribution in [0.1, 0.15) is 22.3 Å². The zero-order chi connectivity index (χ0) is 20.0. The van der Waals surface area contributed by atoms with Gasteiger partial charge < -0.3 is 9.47 Å². The molecule has 0 aromatic heterocycles. The first-order valence-electron chi connectivity index (χ1n) is 8.03. The van der Waals surface area contributed by atoms with E-state index in [2.05, 4.69) is 10.8 Å². The van der Waals surface area contributed by atoms with Gasteiger partial charge in [0.2, 0.25) is 0 Å². The summed E-state index contributed by atoms with van der Waals surface area (Å²) in [6.07, 6.45) is 1.70. The van der Waals surface area contributed by atoms with Crippen molar-refractivity contribution < 1.29 is 19.2 Å². The van der Waals surface area contributed by atoms with Gasteiger partial charge in [-0.15, -0.1) is 0 Å². The molecule has 27 heavy (non-hydrogen) atoms. The normalized spacial score (nSPS) is 10.8. The zero-order valence-corrected chi connectivity index (χ0v) is 15.2. The molecule has 0 bridgehead atoms. The van der Waals surface area contributed by atoms with E-state index in [1.54, 1.807) is 18.2 Å². The molecule has 0 aliphatic carbocycles. The number of ether oxygens (including phenoxy) is 2. The van der Waals surface area contributed by atoms with E-state index in [4.69, 9.17) is 4.74 Å².